The van der Waals surface area contributed by atoms with Crippen LogP contribution in [-0.4, -0.2) is 18.7 Å². The van der Waals surface area contributed by atoms with Gasteiger partial charge in [0.2, 0.25) is 0 Å². The number of hydrogen-bond acceptors (Lipinski definition) is 3. The van der Waals surface area contributed by atoms with Crippen LogP contribution in [0.5, 0.6) is 5.75 Å². The van der Waals surface area contributed by atoms with E-state index in [2.05, 4.69) is 44.3 Å². The van der Waals surface area contributed by atoms with Gasteiger partial charge >= 0.3 is 0 Å². The highest BCUT2D eigenvalue weighted by atomic mass is 16.5. The van der Waals surface area contributed by atoms with Crippen LogP contribution < -0.4 is 15.8 Å². The van der Waals surface area contributed by atoms with E-state index in [1.54, 1.807) is 0 Å². The Hall–Kier alpha value is -1.48. The molecule has 3 heteroatoms. The van der Waals surface area contributed by atoms with Crippen LogP contribution in [0.4, 0.5) is 5.69 Å². The second kappa shape index (κ2) is 6.31. The number of ether oxygens (including phenoxy) is 1. The largest absolute Gasteiger partial charge is 0.494 e. The number of fused-ring (bicyclic) bond motifs is 1. The molecule has 3 N–H and O–H groups in total. The molecule has 0 saturated carbocycles. The Kier molecular flexibility index (Phi) is 4.71. The zero-order valence-electron chi connectivity index (χ0n) is 12.8. The van der Waals surface area contributed by atoms with E-state index in [-0.39, 0.29) is 5.54 Å². The molecule has 0 atom stereocenters. The van der Waals surface area contributed by atoms with Gasteiger partial charge in [-0.1, -0.05) is 6.08 Å². The summed E-state index contributed by atoms with van der Waals surface area (Å²) in [5.41, 5.74) is 9.23. The van der Waals surface area contributed by atoms with E-state index in [0.29, 0.717) is 0 Å². The lowest BCUT2D eigenvalue weighted by Crippen LogP contribution is -2.31. The first-order valence-electron chi connectivity index (χ1n) is 7.47. The van der Waals surface area contributed by atoms with Gasteiger partial charge in [0.15, 0.2) is 0 Å². The fourth-order valence-electron chi connectivity index (χ4n) is 2.66. The smallest absolute Gasteiger partial charge is 0.120 e. The normalized spacial score (nSPS) is 16.1. The molecule has 0 unspecified atom stereocenters. The van der Waals surface area contributed by atoms with Gasteiger partial charge in [0, 0.05) is 11.3 Å². The number of rotatable bonds is 6. The first-order valence-corrected chi connectivity index (χ1v) is 7.47. The molecule has 20 heavy (non-hydrogen) atoms. The summed E-state index contributed by atoms with van der Waals surface area (Å²) in [6, 6.07) is 6.29. The number of nitrogens with two attached hydrogens (primary N) is 1. The summed E-state index contributed by atoms with van der Waals surface area (Å²) in [6.45, 7) is 8.06. The Balaban J connectivity index is 2.00. The van der Waals surface area contributed by atoms with Gasteiger partial charge in [-0.3, -0.25) is 0 Å². The molecule has 0 spiro atoms. The molecule has 0 fully saturated rings. The maximum absolute atomic E-state index is 5.82. The topological polar surface area (TPSA) is 47.3 Å². The summed E-state index contributed by atoms with van der Waals surface area (Å²) in [5.74, 6) is 0.950. The molecule has 0 bridgehead atoms. The standard InChI is InChI=1S/C17H26N2O/c1-13-12-17(2,3)19-16-8-7-14(11-15(13)16)20-10-6-4-5-9-18/h7-8,11-12,19H,4-6,9-10,18H2,1-3H3. The van der Waals surface area contributed by atoms with Crippen molar-refractivity contribution in [3.8, 4) is 5.75 Å². The summed E-state index contributed by atoms with van der Waals surface area (Å²) >= 11 is 0. The van der Waals surface area contributed by atoms with Gasteiger partial charge in [-0.15, -0.1) is 0 Å². The first-order chi connectivity index (χ1) is 9.52. The average molecular weight is 274 g/mol. The Labute approximate surface area is 122 Å². The Bertz CT molecular complexity index is 492. The molecule has 0 aliphatic carbocycles. The molecule has 110 valence electrons. The van der Waals surface area contributed by atoms with E-state index in [9.17, 15) is 0 Å². The summed E-state index contributed by atoms with van der Waals surface area (Å²) < 4.78 is 5.82. The molecule has 1 heterocycles. The second-order valence-corrected chi connectivity index (χ2v) is 6.08. The molecule has 0 aromatic heterocycles. The van der Waals surface area contributed by atoms with Crippen molar-refractivity contribution in [1.29, 1.82) is 0 Å². The van der Waals surface area contributed by atoms with E-state index < -0.39 is 0 Å². The van der Waals surface area contributed by atoms with Crippen molar-refractivity contribution in [2.24, 2.45) is 5.73 Å². The van der Waals surface area contributed by atoms with Crippen LogP contribution in [0.3, 0.4) is 0 Å². The van der Waals surface area contributed by atoms with E-state index >= 15 is 0 Å². The number of unbranched alkanes of at least 4 members (excludes halogenated alkanes) is 2. The Morgan fingerprint density at radius 3 is 2.75 bits per heavy atom. The van der Waals surface area contributed by atoms with Crippen molar-refractivity contribution < 1.29 is 4.74 Å². The zero-order valence-corrected chi connectivity index (χ0v) is 12.8. The number of nitrogens with one attached hydrogen (secondary N) is 1. The Morgan fingerprint density at radius 1 is 1.20 bits per heavy atom. The lowest BCUT2D eigenvalue weighted by atomic mass is 9.91. The predicted octanol–water partition coefficient (Wildman–Crippen LogP) is 3.80. The van der Waals surface area contributed by atoms with Crippen molar-refractivity contribution in [3.63, 3.8) is 0 Å². The molecule has 1 aliphatic heterocycles. The van der Waals surface area contributed by atoms with Gasteiger partial charge < -0.3 is 15.8 Å². The maximum atomic E-state index is 5.82. The molecular weight excluding hydrogens is 248 g/mol. The molecule has 1 aromatic rings. The van der Waals surface area contributed by atoms with Gasteiger partial charge in [0.1, 0.15) is 5.75 Å². The fraction of sp³-hybridized carbons (Fsp3) is 0.529. The lowest BCUT2D eigenvalue weighted by Gasteiger charge is -2.31. The zero-order chi connectivity index (χ0) is 14.6. The summed E-state index contributed by atoms with van der Waals surface area (Å²) in [7, 11) is 0. The first kappa shape index (κ1) is 14.9. The number of hydrogen-bond donors (Lipinski definition) is 2. The minimum Gasteiger partial charge on any atom is -0.494 e. The molecule has 3 nitrogen and oxygen atoms in total. The van der Waals surface area contributed by atoms with Crippen LogP contribution in [0.15, 0.2) is 24.3 Å². The SMILES string of the molecule is CC1=CC(C)(C)Nc2ccc(OCCCCCN)cc21. The van der Waals surface area contributed by atoms with Crippen LogP contribution in [-0.2, 0) is 0 Å². The fourth-order valence-corrected chi connectivity index (χ4v) is 2.66. The average Bonchev–Trinajstić information content (AvgIpc) is 2.38. The molecule has 1 aliphatic rings. The molecule has 0 amide bonds. The third kappa shape index (κ3) is 3.76. The van der Waals surface area contributed by atoms with Gasteiger partial charge in [-0.25, -0.2) is 0 Å². The summed E-state index contributed by atoms with van der Waals surface area (Å²) in [6.07, 6.45) is 5.54. The van der Waals surface area contributed by atoms with Crippen molar-refractivity contribution in [1.82, 2.24) is 0 Å². The van der Waals surface area contributed by atoms with E-state index in [1.165, 1.54) is 16.8 Å². The van der Waals surface area contributed by atoms with Gasteiger partial charge in [0.05, 0.1) is 12.1 Å². The molecular formula is C17H26N2O. The highest BCUT2D eigenvalue weighted by Gasteiger charge is 2.22. The van der Waals surface area contributed by atoms with Crippen LogP contribution >= 0.6 is 0 Å². The summed E-state index contributed by atoms with van der Waals surface area (Å²) in [5, 5.41) is 3.53. The number of allylic oxidation sites excluding steroid dienone is 1. The quantitative estimate of drug-likeness (QED) is 0.776. The molecule has 0 radical (unpaired) electrons. The van der Waals surface area contributed by atoms with Crippen LogP contribution in [0, 0.1) is 0 Å². The van der Waals surface area contributed by atoms with Crippen LogP contribution in [0.25, 0.3) is 5.57 Å². The van der Waals surface area contributed by atoms with Gasteiger partial charge in [-0.05, 0) is 70.4 Å². The molecule has 0 saturated heterocycles. The number of anilines is 1. The van der Waals surface area contributed by atoms with Gasteiger partial charge in [-0.2, -0.15) is 0 Å². The van der Waals surface area contributed by atoms with Crippen molar-refractivity contribution >= 4 is 11.3 Å². The maximum Gasteiger partial charge on any atom is 0.120 e. The number of benzene rings is 1. The highest BCUT2D eigenvalue weighted by molar-refractivity contribution is 5.80. The van der Waals surface area contributed by atoms with Crippen molar-refractivity contribution in [2.45, 2.75) is 45.6 Å². The lowest BCUT2D eigenvalue weighted by molar-refractivity contribution is 0.305. The van der Waals surface area contributed by atoms with Crippen molar-refractivity contribution in [3.05, 3.63) is 29.8 Å². The summed E-state index contributed by atoms with van der Waals surface area (Å²) in [4.78, 5) is 0. The van der Waals surface area contributed by atoms with E-state index in [1.807, 2.05) is 6.07 Å². The predicted molar refractivity (Wildman–Crippen MR) is 86.2 cm³/mol. The van der Waals surface area contributed by atoms with E-state index in [0.717, 1.165) is 38.2 Å². The monoisotopic (exact) mass is 274 g/mol. The minimum atomic E-state index is 0.0156. The second-order valence-electron chi connectivity index (χ2n) is 6.08. The molecule has 2 rings (SSSR count). The van der Waals surface area contributed by atoms with Gasteiger partial charge in [0.25, 0.3) is 0 Å². The van der Waals surface area contributed by atoms with Crippen molar-refractivity contribution in [2.75, 3.05) is 18.5 Å². The molecule has 1 aromatic carbocycles. The van der Waals surface area contributed by atoms with Crippen LogP contribution in [0.2, 0.25) is 0 Å². The third-order valence-electron chi connectivity index (χ3n) is 3.57. The Morgan fingerprint density at radius 2 is 2.00 bits per heavy atom. The third-order valence-corrected chi connectivity index (χ3v) is 3.57. The van der Waals surface area contributed by atoms with E-state index in [4.69, 9.17) is 10.5 Å². The minimum absolute atomic E-state index is 0.0156. The van der Waals surface area contributed by atoms with Crippen LogP contribution in [0.1, 0.15) is 45.6 Å². The highest BCUT2D eigenvalue weighted by Crippen LogP contribution is 2.35.